The molecule has 0 amide bonds. The minimum absolute atomic E-state index is 0.0969. The van der Waals surface area contributed by atoms with E-state index in [0.717, 1.165) is 5.56 Å². The molecule has 1 aliphatic carbocycles. The van der Waals surface area contributed by atoms with Gasteiger partial charge in [-0.3, -0.25) is 9.59 Å². The Labute approximate surface area is 117 Å². The fourth-order valence-electron chi connectivity index (χ4n) is 2.65. The summed E-state index contributed by atoms with van der Waals surface area (Å²) >= 11 is 0. The Morgan fingerprint density at radius 2 is 1.90 bits per heavy atom. The van der Waals surface area contributed by atoms with Crippen LogP contribution in [0.4, 0.5) is 0 Å². The normalized spacial score (nSPS) is 21.6. The summed E-state index contributed by atoms with van der Waals surface area (Å²) in [5.41, 5.74) is 0.796. The summed E-state index contributed by atoms with van der Waals surface area (Å²) in [4.78, 5) is 23.9. The molecule has 108 valence electrons. The molecule has 0 saturated heterocycles. The first kappa shape index (κ1) is 14.4. The molecule has 2 rings (SSSR count). The SMILES string of the molecule is COC(=O)C1CCC(c2ccc(OC)cc2OC)C1=O. The maximum absolute atomic E-state index is 12.3. The lowest BCUT2D eigenvalue weighted by atomic mass is 9.94. The monoisotopic (exact) mass is 278 g/mol. The van der Waals surface area contributed by atoms with Gasteiger partial charge in [-0.2, -0.15) is 0 Å². The van der Waals surface area contributed by atoms with Crippen LogP contribution in [0.5, 0.6) is 11.5 Å². The number of Topliss-reactive ketones (excluding diaryl/α,β-unsaturated/α-hetero) is 1. The van der Waals surface area contributed by atoms with Gasteiger partial charge in [-0.1, -0.05) is 6.07 Å². The first-order chi connectivity index (χ1) is 9.62. The lowest BCUT2D eigenvalue weighted by Crippen LogP contribution is -2.22. The van der Waals surface area contributed by atoms with Gasteiger partial charge in [0.25, 0.3) is 0 Å². The summed E-state index contributed by atoms with van der Waals surface area (Å²) in [6.45, 7) is 0. The maximum Gasteiger partial charge on any atom is 0.316 e. The zero-order valence-electron chi connectivity index (χ0n) is 11.8. The number of carbonyl (C=O) groups excluding carboxylic acids is 2. The third-order valence-corrected chi connectivity index (χ3v) is 3.73. The summed E-state index contributed by atoms with van der Waals surface area (Å²) in [5.74, 6) is -0.254. The number of benzene rings is 1. The maximum atomic E-state index is 12.3. The first-order valence-electron chi connectivity index (χ1n) is 6.45. The molecule has 2 unspecified atom stereocenters. The van der Waals surface area contributed by atoms with E-state index < -0.39 is 11.9 Å². The smallest absolute Gasteiger partial charge is 0.316 e. The van der Waals surface area contributed by atoms with Gasteiger partial charge in [0.1, 0.15) is 17.4 Å². The van der Waals surface area contributed by atoms with E-state index in [2.05, 4.69) is 4.74 Å². The van der Waals surface area contributed by atoms with Crippen molar-refractivity contribution in [1.29, 1.82) is 0 Å². The lowest BCUT2D eigenvalue weighted by molar-refractivity contribution is -0.148. The molecule has 1 aromatic carbocycles. The minimum atomic E-state index is -0.656. The Kier molecular flexibility index (Phi) is 4.27. The molecule has 0 aromatic heterocycles. The average molecular weight is 278 g/mol. The number of hydrogen-bond acceptors (Lipinski definition) is 5. The second kappa shape index (κ2) is 5.94. The standard InChI is InChI=1S/C15H18O5/c1-18-9-4-5-10(13(8-9)19-2)11-6-7-12(14(11)16)15(17)20-3/h4-5,8,11-12H,6-7H2,1-3H3. The van der Waals surface area contributed by atoms with E-state index in [0.29, 0.717) is 24.3 Å². The molecule has 5 nitrogen and oxygen atoms in total. The zero-order chi connectivity index (χ0) is 14.7. The highest BCUT2D eigenvalue weighted by molar-refractivity contribution is 6.04. The van der Waals surface area contributed by atoms with Gasteiger partial charge in [-0.25, -0.2) is 0 Å². The molecule has 0 bridgehead atoms. The topological polar surface area (TPSA) is 61.8 Å². The predicted molar refractivity (Wildman–Crippen MR) is 72.0 cm³/mol. The van der Waals surface area contributed by atoms with Crippen LogP contribution in [-0.4, -0.2) is 33.1 Å². The molecule has 5 heteroatoms. The van der Waals surface area contributed by atoms with Crippen molar-refractivity contribution in [3.8, 4) is 11.5 Å². The Balaban J connectivity index is 2.29. The van der Waals surface area contributed by atoms with Crippen LogP contribution in [0.15, 0.2) is 18.2 Å². The van der Waals surface area contributed by atoms with Crippen molar-refractivity contribution in [3.63, 3.8) is 0 Å². The van der Waals surface area contributed by atoms with Crippen LogP contribution < -0.4 is 9.47 Å². The van der Waals surface area contributed by atoms with Gasteiger partial charge in [0.2, 0.25) is 0 Å². The average Bonchev–Trinajstić information content (AvgIpc) is 2.87. The van der Waals surface area contributed by atoms with Crippen molar-refractivity contribution >= 4 is 11.8 Å². The van der Waals surface area contributed by atoms with Gasteiger partial charge in [-0.05, 0) is 18.9 Å². The summed E-state index contributed by atoms with van der Waals surface area (Å²) in [7, 11) is 4.43. The molecule has 1 aliphatic rings. The molecule has 1 aromatic rings. The Morgan fingerprint density at radius 3 is 2.50 bits per heavy atom. The highest BCUT2D eigenvalue weighted by Gasteiger charge is 2.41. The third kappa shape index (κ3) is 2.48. The molecule has 0 spiro atoms. The van der Waals surface area contributed by atoms with Gasteiger partial charge in [0.15, 0.2) is 5.78 Å². The van der Waals surface area contributed by atoms with Crippen LogP contribution in [0, 0.1) is 5.92 Å². The summed E-state index contributed by atoms with van der Waals surface area (Å²) in [6.07, 6.45) is 1.15. The zero-order valence-corrected chi connectivity index (χ0v) is 11.8. The first-order valence-corrected chi connectivity index (χ1v) is 6.45. The molecular formula is C15H18O5. The predicted octanol–water partition coefficient (Wildman–Crippen LogP) is 1.94. The molecule has 0 heterocycles. The van der Waals surface area contributed by atoms with Crippen molar-refractivity contribution in [2.75, 3.05) is 21.3 Å². The summed E-state index contributed by atoms with van der Waals surface area (Å²) < 4.78 is 15.1. The van der Waals surface area contributed by atoms with Gasteiger partial charge < -0.3 is 14.2 Å². The second-order valence-corrected chi connectivity index (χ2v) is 4.72. The van der Waals surface area contributed by atoms with E-state index in [1.807, 2.05) is 6.07 Å². The second-order valence-electron chi connectivity index (χ2n) is 4.72. The number of ether oxygens (including phenoxy) is 3. The van der Waals surface area contributed by atoms with Crippen LogP contribution in [0.2, 0.25) is 0 Å². The third-order valence-electron chi connectivity index (χ3n) is 3.73. The van der Waals surface area contributed by atoms with E-state index in [9.17, 15) is 9.59 Å². The molecule has 20 heavy (non-hydrogen) atoms. The molecule has 0 radical (unpaired) electrons. The molecular weight excluding hydrogens is 260 g/mol. The summed E-state index contributed by atoms with van der Waals surface area (Å²) in [5, 5.41) is 0. The van der Waals surface area contributed by atoms with E-state index >= 15 is 0 Å². The lowest BCUT2D eigenvalue weighted by Gasteiger charge is -2.15. The quantitative estimate of drug-likeness (QED) is 0.622. The van der Waals surface area contributed by atoms with E-state index in [1.165, 1.54) is 7.11 Å². The number of hydrogen-bond donors (Lipinski definition) is 0. The molecule has 2 atom stereocenters. The Morgan fingerprint density at radius 1 is 1.15 bits per heavy atom. The highest BCUT2D eigenvalue weighted by atomic mass is 16.5. The number of esters is 1. The molecule has 1 saturated carbocycles. The van der Waals surface area contributed by atoms with Crippen LogP contribution >= 0.6 is 0 Å². The molecule has 0 aliphatic heterocycles. The van der Waals surface area contributed by atoms with E-state index in [-0.39, 0.29) is 11.7 Å². The van der Waals surface area contributed by atoms with Gasteiger partial charge in [0, 0.05) is 17.5 Å². The van der Waals surface area contributed by atoms with Gasteiger partial charge in [0.05, 0.1) is 21.3 Å². The number of ketones is 1. The van der Waals surface area contributed by atoms with Crippen molar-refractivity contribution < 1.29 is 23.8 Å². The minimum Gasteiger partial charge on any atom is -0.497 e. The van der Waals surface area contributed by atoms with Gasteiger partial charge >= 0.3 is 5.97 Å². The summed E-state index contributed by atoms with van der Waals surface area (Å²) in [6, 6.07) is 5.35. The van der Waals surface area contributed by atoms with E-state index in [1.54, 1.807) is 26.4 Å². The van der Waals surface area contributed by atoms with Crippen molar-refractivity contribution in [2.24, 2.45) is 5.92 Å². The van der Waals surface area contributed by atoms with Crippen LogP contribution in [0.1, 0.15) is 24.3 Å². The fraction of sp³-hybridized carbons (Fsp3) is 0.467. The Bertz CT molecular complexity index is 523. The molecule has 1 fully saturated rings. The van der Waals surface area contributed by atoms with Crippen molar-refractivity contribution in [1.82, 2.24) is 0 Å². The fourth-order valence-corrected chi connectivity index (χ4v) is 2.65. The van der Waals surface area contributed by atoms with Crippen molar-refractivity contribution in [3.05, 3.63) is 23.8 Å². The Hall–Kier alpha value is -2.04. The number of carbonyl (C=O) groups is 2. The largest absolute Gasteiger partial charge is 0.497 e. The van der Waals surface area contributed by atoms with Crippen molar-refractivity contribution in [2.45, 2.75) is 18.8 Å². The number of rotatable bonds is 4. The van der Waals surface area contributed by atoms with Crippen LogP contribution in [0.3, 0.4) is 0 Å². The highest BCUT2D eigenvalue weighted by Crippen LogP contribution is 2.40. The van der Waals surface area contributed by atoms with Crippen LogP contribution in [0.25, 0.3) is 0 Å². The van der Waals surface area contributed by atoms with Crippen LogP contribution in [-0.2, 0) is 14.3 Å². The number of methoxy groups -OCH3 is 3. The van der Waals surface area contributed by atoms with E-state index in [4.69, 9.17) is 9.47 Å². The molecule has 0 N–H and O–H groups in total. The van der Waals surface area contributed by atoms with Gasteiger partial charge in [-0.15, -0.1) is 0 Å².